The fourth-order valence-electron chi connectivity index (χ4n) is 4.46. The quantitative estimate of drug-likeness (QED) is 0.204. The Kier molecular flexibility index (Phi) is 35.4. The van der Waals surface area contributed by atoms with Gasteiger partial charge < -0.3 is 10.6 Å². The number of nitrogens with zero attached hydrogens (tertiary/aromatic N) is 1. The molecule has 0 unspecified atom stereocenters. The van der Waals surface area contributed by atoms with E-state index in [0.717, 1.165) is 40.7 Å². The van der Waals surface area contributed by atoms with Crippen LogP contribution in [0, 0.1) is 26.7 Å². The van der Waals surface area contributed by atoms with Crippen LogP contribution in [0.3, 0.4) is 0 Å². The van der Waals surface area contributed by atoms with Gasteiger partial charge in [0.15, 0.2) is 0 Å². The minimum Gasteiger partial charge on any atom is -0.382 e. The Balaban J connectivity index is -0.000000816. The van der Waals surface area contributed by atoms with E-state index in [-0.39, 0.29) is 0 Å². The number of rotatable bonds is 13. The summed E-state index contributed by atoms with van der Waals surface area (Å²) in [7, 11) is 0. The maximum absolute atomic E-state index is 4.80. The third-order valence-corrected chi connectivity index (χ3v) is 8.08. The van der Waals surface area contributed by atoms with Crippen molar-refractivity contribution in [2.24, 2.45) is 10.9 Å². The van der Waals surface area contributed by atoms with Gasteiger partial charge in [0.2, 0.25) is 0 Å². The molecule has 1 fully saturated rings. The van der Waals surface area contributed by atoms with Crippen LogP contribution in [0.25, 0.3) is 5.70 Å². The van der Waals surface area contributed by atoms with Crippen LogP contribution in [0.15, 0.2) is 104 Å². The summed E-state index contributed by atoms with van der Waals surface area (Å²) in [5.74, 6) is 0.722. The van der Waals surface area contributed by atoms with Crippen molar-refractivity contribution < 1.29 is 0 Å². The van der Waals surface area contributed by atoms with E-state index in [1.54, 1.807) is 0 Å². The molecule has 0 atom stereocenters. The number of allylic oxidation sites excluding steroid dienone is 1. The molecule has 1 heterocycles. The molecular formula is C48H81N3. The smallest absolute Gasteiger partial charge is 0.0821 e. The van der Waals surface area contributed by atoms with Gasteiger partial charge in [0.05, 0.1) is 11.4 Å². The number of nitrogens with one attached hydrogen (secondary N) is 2. The minimum atomic E-state index is 0.494. The molecule has 2 aliphatic rings. The first-order valence-corrected chi connectivity index (χ1v) is 19.9. The van der Waals surface area contributed by atoms with E-state index >= 15 is 0 Å². The topological polar surface area (TPSA) is 36.4 Å². The summed E-state index contributed by atoms with van der Waals surface area (Å²) < 4.78 is 0. The molecule has 288 valence electrons. The van der Waals surface area contributed by atoms with Crippen LogP contribution in [-0.4, -0.2) is 11.8 Å². The van der Waals surface area contributed by atoms with E-state index < -0.39 is 0 Å². The van der Waals surface area contributed by atoms with E-state index in [4.69, 9.17) is 4.99 Å². The molecule has 2 aromatic rings. The molecule has 0 spiro atoms. The average Bonchev–Trinajstić information content (AvgIpc) is 3.88. The first kappa shape index (κ1) is 51.8. The second-order valence-corrected chi connectivity index (χ2v) is 13.0. The van der Waals surface area contributed by atoms with Crippen molar-refractivity contribution in [2.75, 3.05) is 5.32 Å². The number of hydrogen-bond donors (Lipinski definition) is 2. The number of aryl methyl sites for hydroxylation is 3. The SMILES string of the molecule is C=C.C=C.C=C(Nc1cc(C(=C)NC(CCC)CCC)ccc1C)C1=CCC(C2CC2)=N1.CCC.CCCC.CCCC.Cc1ccccc1C. The summed E-state index contributed by atoms with van der Waals surface area (Å²) in [4.78, 5) is 4.80. The van der Waals surface area contributed by atoms with Crippen molar-refractivity contribution in [1.29, 1.82) is 0 Å². The molecule has 0 saturated heterocycles. The first-order chi connectivity index (χ1) is 24.6. The lowest BCUT2D eigenvalue weighted by atomic mass is 10.0. The fraction of sp³-hybridized carbons (Fsp3) is 0.521. The van der Waals surface area contributed by atoms with Crippen molar-refractivity contribution in [2.45, 2.75) is 159 Å². The number of benzene rings is 2. The second kappa shape index (κ2) is 34.8. The Morgan fingerprint density at radius 1 is 0.686 bits per heavy atom. The van der Waals surface area contributed by atoms with E-state index in [9.17, 15) is 0 Å². The van der Waals surface area contributed by atoms with Crippen molar-refractivity contribution in [3.63, 3.8) is 0 Å². The van der Waals surface area contributed by atoms with Gasteiger partial charge in [-0.25, -0.2) is 0 Å². The zero-order valence-corrected chi connectivity index (χ0v) is 35.4. The predicted molar refractivity (Wildman–Crippen MR) is 238 cm³/mol. The largest absolute Gasteiger partial charge is 0.382 e. The highest BCUT2D eigenvalue weighted by Gasteiger charge is 2.29. The summed E-state index contributed by atoms with van der Waals surface area (Å²) >= 11 is 0. The highest BCUT2D eigenvalue weighted by Crippen LogP contribution is 2.36. The Morgan fingerprint density at radius 2 is 1.16 bits per heavy atom. The molecular weight excluding hydrogens is 619 g/mol. The maximum Gasteiger partial charge on any atom is 0.0821 e. The second-order valence-electron chi connectivity index (χ2n) is 13.0. The molecule has 4 rings (SSSR count). The summed E-state index contributed by atoms with van der Waals surface area (Å²) in [5, 5.41) is 7.13. The Morgan fingerprint density at radius 3 is 1.55 bits per heavy atom. The molecule has 1 aliphatic carbocycles. The minimum absolute atomic E-state index is 0.494. The molecule has 51 heavy (non-hydrogen) atoms. The first-order valence-electron chi connectivity index (χ1n) is 19.9. The predicted octanol–water partition coefficient (Wildman–Crippen LogP) is 15.5. The van der Waals surface area contributed by atoms with Crippen molar-refractivity contribution in [3.05, 3.63) is 122 Å². The van der Waals surface area contributed by atoms with Crippen molar-refractivity contribution >= 4 is 17.1 Å². The third kappa shape index (κ3) is 25.1. The summed E-state index contributed by atoms with van der Waals surface area (Å²) in [6, 6.07) is 15.3. The molecule has 0 amide bonds. The molecule has 3 nitrogen and oxygen atoms in total. The van der Waals surface area contributed by atoms with Crippen LogP contribution in [0.4, 0.5) is 5.69 Å². The van der Waals surface area contributed by atoms with Crippen molar-refractivity contribution in [1.82, 2.24) is 5.32 Å². The standard InChI is InChI=1S/C25H35N3.C8H10.2C4H10.C3H8.2C2H4/c1-6-8-22(9-7-2)26-18(4)21-11-10-17(3)25(16-21)27-19(5)23-14-15-24(28-23)20-12-13-20;1-7-5-3-4-6-8(7)2;2*1-3-4-2;1-3-2;2*1-2/h10-11,14,16,20,22,26-27H,4-9,12-13,15H2,1-3H3;3-6H,1-2H3;2*3-4H2,1-2H3;3H2,1-2H3;2*1-2H2. The van der Waals surface area contributed by atoms with Gasteiger partial charge in [0.1, 0.15) is 0 Å². The van der Waals surface area contributed by atoms with E-state index in [0.29, 0.717) is 6.04 Å². The Hall–Kier alpha value is -3.59. The maximum atomic E-state index is 4.80. The van der Waals surface area contributed by atoms with Crippen LogP contribution in [0.1, 0.15) is 155 Å². The number of unbranched alkanes of at least 4 members (excludes halogenated alkanes) is 2. The lowest BCUT2D eigenvalue weighted by Gasteiger charge is -2.21. The van der Waals surface area contributed by atoms with Gasteiger partial charge in [-0.2, -0.15) is 0 Å². The molecule has 0 aromatic heterocycles. The van der Waals surface area contributed by atoms with Gasteiger partial charge >= 0.3 is 0 Å². The Bertz CT molecular complexity index is 1190. The lowest BCUT2D eigenvalue weighted by molar-refractivity contribution is 0.502. The summed E-state index contributed by atoms with van der Waals surface area (Å²) in [6.07, 6.45) is 17.0. The Labute approximate surface area is 318 Å². The van der Waals surface area contributed by atoms with E-state index in [1.807, 2.05) is 0 Å². The van der Waals surface area contributed by atoms with Crippen LogP contribution in [0.2, 0.25) is 0 Å². The molecule has 2 aromatic carbocycles. The molecule has 0 bridgehead atoms. The monoisotopic (exact) mass is 700 g/mol. The highest BCUT2D eigenvalue weighted by molar-refractivity contribution is 5.93. The van der Waals surface area contributed by atoms with Gasteiger partial charge in [0, 0.05) is 29.6 Å². The molecule has 1 saturated carbocycles. The van der Waals surface area contributed by atoms with E-state index in [2.05, 4.69) is 175 Å². The van der Waals surface area contributed by atoms with Crippen molar-refractivity contribution in [3.8, 4) is 0 Å². The third-order valence-electron chi connectivity index (χ3n) is 8.08. The average molecular weight is 700 g/mol. The lowest BCUT2D eigenvalue weighted by Crippen LogP contribution is -2.27. The van der Waals surface area contributed by atoms with Gasteiger partial charge in [-0.3, -0.25) is 4.99 Å². The van der Waals surface area contributed by atoms with Crippen LogP contribution >= 0.6 is 0 Å². The fourth-order valence-corrected chi connectivity index (χ4v) is 4.46. The molecule has 2 N–H and O–H groups in total. The van der Waals surface area contributed by atoms with Crippen LogP contribution in [0.5, 0.6) is 0 Å². The molecule has 3 heteroatoms. The van der Waals surface area contributed by atoms with Crippen LogP contribution in [-0.2, 0) is 0 Å². The molecule has 0 radical (unpaired) electrons. The summed E-state index contributed by atoms with van der Waals surface area (Å²) in [6.45, 7) is 44.3. The number of aliphatic imine (C=N–C) groups is 1. The van der Waals surface area contributed by atoms with Gasteiger partial charge in [-0.05, 0) is 80.7 Å². The zero-order valence-electron chi connectivity index (χ0n) is 35.4. The number of anilines is 1. The van der Waals surface area contributed by atoms with Gasteiger partial charge in [-0.1, -0.05) is 156 Å². The normalized spacial score (nSPS) is 11.9. The molecule has 1 aliphatic heterocycles. The highest BCUT2D eigenvalue weighted by atomic mass is 15.0. The zero-order chi connectivity index (χ0) is 39.6. The summed E-state index contributed by atoms with van der Waals surface area (Å²) in [5.41, 5.74) is 10.3. The number of hydrogen-bond acceptors (Lipinski definition) is 3. The van der Waals surface area contributed by atoms with Crippen LogP contribution < -0.4 is 10.6 Å². The van der Waals surface area contributed by atoms with Gasteiger partial charge in [-0.15, -0.1) is 26.3 Å². The van der Waals surface area contributed by atoms with E-state index in [1.165, 1.54) is 93.0 Å². The van der Waals surface area contributed by atoms with Gasteiger partial charge in [0.25, 0.3) is 0 Å².